The first-order valence-electron chi connectivity index (χ1n) is 6.72. The first kappa shape index (κ1) is 17.8. The van der Waals surface area contributed by atoms with Gasteiger partial charge in [-0.25, -0.2) is 0 Å². The molecule has 0 heterocycles. The molecular weight excluding hydrogens is 345 g/mol. The van der Waals surface area contributed by atoms with Gasteiger partial charge in [0, 0.05) is 10.7 Å². The van der Waals surface area contributed by atoms with Gasteiger partial charge in [-0.05, 0) is 35.9 Å². The first-order chi connectivity index (χ1) is 11.3. The van der Waals surface area contributed by atoms with Crippen molar-refractivity contribution in [1.29, 1.82) is 0 Å². The number of benzene rings is 2. The Labute approximate surface area is 140 Å². The highest BCUT2D eigenvalue weighted by Crippen LogP contribution is 2.30. The minimum Gasteiger partial charge on any atom is -0.386 e. The van der Waals surface area contributed by atoms with E-state index in [1.807, 2.05) is 0 Å². The van der Waals surface area contributed by atoms with Crippen LogP contribution < -0.4 is 5.32 Å². The maximum Gasteiger partial charge on any atom is 0.416 e. The van der Waals surface area contributed by atoms with E-state index < -0.39 is 24.3 Å². The van der Waals surface area contributed by atoms with Crippen molar-refractivity contribution in [3.63, 3.8) is 0 Å². The Balaban J connectivity index is 1.84. The van der Waals surface area contributed by atoms with Crippen LogP contribution in [0.2, 0.25) is 5.02 Å². The van der Waals surface area contributed by atoms with Crippen molar-refractivity contribution in [3.05, 3.63) is 64.7 Å². The van der Waals surface area contributed by atoms with Crippen molar-refractivity contribution in [2.45, 2.75) is 6.18 Å². The number of amides is 1. The molecule has 0 aliphatic rings. The molecule has 0 fully saturated rings. The number of alkyl halides is 3. The Morgan fingerprint density at radius 3 is 2.58 bits per heavy atom. The number of oxime groups is 1. The molecule has 0 radical (unpaired) electrons. The summed E-state index contributed by atoms with van der Waals surface area (Å²) < 4.78 is 37.7. The summed E-state index contributed by atoms with van der Waals surface area (Å²) in [5.41, 5.74) is -0.0974. The largest absolute Gasteiger partial charge is 0.416 e. The minimum atomic E-state index is -4.47. The summed E-state index contributed by atoms with van der Waals surface area (Å²) in [6.45, 7) is -0.430. The van der Waals surface area contributed by atoms with E-state index in [-0.39, 0.29) is 5.69 Å². The molecule has 0 saturated heterocycles. The minimum absolute atomic E-state index is 0.0279. The molecule has 0 atom stereocenters. The van der Waals surface area contributed by atoms with E-state index in [0.29, 0.717) is 5.02 Å². The van der Waals surface area contributed by atoms with Crippen LogP contribution in [0, 0.1) is 0 Å². The Morgan fingerprint density at radius 1 is 1.21 bits per heavy atom. The molecule has 0 aliphatic carbocycles. The molecule has 2 rings (SSSR count). The Morgan fingerprint density at radius 2 is 1.92 bits per heavy atom. The average Bonchev–Trinajstić information content (AvgIpc) is 2.53. The molecule has 0 saturated carbocycles. The molecule has 8 heteroatoms. The maximum atomic E-state index is 12.6. The molecule has 0 bridgehead atoms. The molecule has 2 aromatic carbocycles. The number of carbonyl (C=O) groups is 1. The molecule has 1 amide bonds. The highest BCUT2D eigenvalue weighted by molar-refractivity contribution is 6.30. The van der Waals surface area contributed by atoms with E-state index >= 15 is 0 Å². The number of hydrogen-bond donors (Lipinski definition) is 1. The van der Waals surface area contributed by atoms with Gasteiger partial charge in [0.2, 0.25) is 0 Å². The predicted molar refractivity (Wildman–Crippen MR) is 85.1 cm³/mol. The zero-order chi connectivity index (χ0) is 17.6. The van der Waals surface area contributed by atoms with E-state index in [1.165, 1.54) is 18.3 Å². The quantitative estimate of drug-likeness (QED) is 0.639. The second-order valence-corrected chi connectivity index (χ2v) is 5.12. The molecule has 1 N–H and O–H groups in total. The molecule has 0 aliphatic heterocycles. The second kappa shape index (κ2) is 7.83. The first-order valence-corrected chi connectivity index (χ1v) is 7.10. The fourth-order valence-electron chi connectivity index (χ4n) is 1.71. The van der Waals surface area contributed by atoms with Crippen LogP contribution >= 0.6 is 11.6 Å². The Hall–Kier alpha value is -2.54. The second-order valence-electron chi connectivity index (χ2n) is 4.69. The van der Waals surface area contributed by atoms with Gasteiger partial charge in [-0.15, -0.1) is 0 Å². The normalized spacial score (nSPS) is 11.5. The summed E-state index contributed by atoms with van der Waals surface area (Å²) >= 11 is 5.73. The van der Waals surface area contributed by atoms with Gasteiger partial charge in [0.05, 0.1) is 11.8 Å². The van der Waals surface area contributed by atoms with Gasteiger partial charge in [-0.2, -0.15) is 13.2 Å². The molecule has 0 aromatic heterocycles. The number of hydrogen-bond acceptors (Lipinski definition) is 3. The SMILES string of the molecule is O=C(CO/N=C\c1ccc(Cl)cc1)Nc1cccc(C(F)(F)F)c1. The summed E-state index contributed by atoms with van der Waals surface area (Å²) in [5.74, 6) is -0.623. The average molecular weight is 357 g/mol. The van der Waals surface area contributed by atoms with Crippen molar-refractivity contribution in [2.75, 3.05) is 11.9 Å². The van der Waals surface area contributed by atoms with E-state index in [0.717, 1.165) is 17.7 Å². The molecule has 4 nitrogen and oxygen atoms in total. The third kappa shape index (κ3) is 5.58. The van der Waals surface area contributed by atoms with Crippen LogP contribution in [0.3, 0.4) is 0 Å². The Kier molecular flexibility index (Phi) is 5.81. The van der Waals surface area contributed by atoms with Crippen molar-refractivity contribution >= 4 is 29.4 Å². The number of nitrogens with zero attached hydrogens (tertiary/aromatic N) is 1. The van der Waals surface area contributed by atoms with Crippen molar-refractivity contribution in [3.8, 4) is 0 Å². The number of anilines is 1. The molecular formula is C16H12ClF3N2O2. The smallest absolute Gasteiger partial charge is 0.386 e. The summed E-state index contributed by atoms with van der Waals surface area (Å²) in [4.78, 5) is 16.4. The third-order valence-corrected chi connectivity index (χ3v) is 3.07. The number of carbonyl (C=O) groups excluding carboxylic acids is 1. The van der Waals surface area contributed by atoms with Crippen LogP contribution in [0.15, 0.2) is 53.7 Å². The van der Waals surface area contributed by atoms with Crippen LogP contribution in [0.4, 0.5) is 18.9 Å². The lowest BCUT2D eigenvalue weighted by Gasteiger charge is -2.09. The number of nitrogens with one attached hydrogen (secondary N) is 1. The number of halogens is 4. The van der Waals surface area contributed by atoms with Gasteiger partial charge in [0.15, 0.2) is 6.61 Å². The Bertz CT molecular complexity index is 731. The summed E-state index contributed by atoms with van der Waals surface area (Å²) in [6, 6.07) is 11.1. The van der Waals surface area contributed by atoms with Gasteiger partial charge in [-0.1, -0.05) is 35.0 Å². The van der Waals surface area contributed by atoms with Gasteiger partial charge < -0.3 is 10.2 Å². The van der Waals surface area contributed by atoms with Crippen molar-refractivity contribution in [1.82, 2.24) is 0 Å². The van der Waals surface area contributed by atoms with E-state index in [1.54, 1.807) is 24.3 Å². The standard InChI is InChI=1S/C16H12ClF3N2O2/c17-13-6-4-11(5-7-13)9-21-24-10-15(23)22-14-3-1-2-12(8-14)16(18,19)20/h1-9H,10H2,(H,22,23)/b21-9-. The topological polar surface area (TPSA) is 50.7 Å². The van der Waals surface area contributed by atoms with Crippen molar-refractivity contribution < 1.29 is 22.8 Å². The van der Waals surface area contributed by atoms with Gasteiger partial charge in [0.25, 0.3) is 5.91 Å². The van der Waals surface area contributed by atoms with Crippen molar-refractivity contribution in [2.24, 2.45) is 5.16 Å². The molecule has 2 aromatic rings. The van der Waals surface area contributed by atoms with Crippen LogP contribution in [0.1, 0.15) is 11.1 Å². The lowest BCUT2D eigenvalue weighted by molar-refractivity contribution is -0.137. The lowest BCUT2D eigenvalue weighted by Crippen LogP contribution is -2.17. The van der Waals surface area contributed by atoms with E-state index in [4.69, 9.17) is 16.4 Å². The monoisotopic (exact) mass is 356 g/mol. The third-order valence-electron chi connectivity index (χ3n) is 2.82. The highest BCUT2D eigenvalue weighted by Gasteiger charge is 2.30. The van der Waals surface area contributed by atoms with Gasteiger partial charge in [-0.3, -0.25) is 4.79 Å². The molecule has 24 heavy (non-hydrogen) atoms. The molecule has 126 valence electrons. The fourth-order valence-corrected chi connectivity index (χ4v) is 1.84. The lowest BCUT2D eigenvalue weighted by atomic mass is 10.2. The zero-order valence-electron chi connectivity index (χ0n) is 12.2. The molecule has 0 unspecified atom stereocenters. The number of rotatable bonds is 5. The molecule has 0 spiro atoms. The van der Waals surface area contributed by atoms with Crippen LogP contribution in [-0.4, -0.2) is 18.7 Å². The van der Waals surface area contributed by atoms with Crippen LogP contribution in [-0.2, 0) is 15.8 Å². The van der Waals surface area contributed by atoms with E-state index in [9.17, 15) is 18.0 Å². The maximum absolute atomic E-state index is 12.6. The summed E-state index contributed by atoms with van der Waals surface area (Å²) in [6.07, 6.45) is -3.09. The van der Waals surface area contributed by atoms with Gasteiger partial charge >= 0.3 is 6.18 Å². The van der Waals surface area contributed by atoms with Gasteiger partial charge in [0.1, 0.15) is 0 Å². The van der Waals surface area contributed by atoms with Crippen LogP contribution in [0.5, 0.6) is 0 Å². The highest BCUT2D eigenvalue weighted by atomic mass is 35.5. The summed E-state index contributed by atoms with van der Waals surface area (Å²) in [5, 5.41) is 6.48. The zero-order valence-corrected chi connectivity index (χ0v) is 12.9. The summed E-state index contributed by atoms with van der Waals surface area (Å²) in [7, 11) is 0. The predicted octanol–water partition coefficient (Wildman–Crippen LogP) is 4.35. The van der Waals surface area contributed by atoms with E-state index in [2.05, 4.69) is 10.5 Å². The fraction of sp³-hybridized carbons (Fsp3) is 0.125. The van der Waals surface area contributed by atoms with Crippen LogP contribution in [0.25, 0.3) is 0 Å².